The zero-order chi connectivity index (χ0) is 19.9. The molecule has 3 aromatic rings. The Labute approximate surface area is 166 Å². The maximum absolute atomic E-state index is 12.4. The van der Waals surface area contributed by atoms with Crippen LogP contribution in [0.5, 0.6) is 5.75 Å². The van der Waals surface area contributed by atoms with Crippen LogP contribution in [0.25, 0.3) is 6.08 Å². The molecule has 0 aliphatic rings. The number of methoxy groups -OCH3 is 1. The first-order chi connectivity index (χ1) is 13.5. The molecule has 0 aliphatic heterocycles. The van der Waals surface area contributed by atoms with Crippen LogP contribution in [-0.4, -0.2) is 18.9 Å². The minimum Gasteiger partial charge on any atom is -0.495 e. The molecule has 2 amide bonds. The van der Waals surface area contributed by atoms with Gasteiger partial charge in [0.05, 0.1) is 19.1 Å². The number of benzene rings is 2. The van der Waals surface area contributed by atoms with Crippen molar-refractivity contribution in [2.75, 3.05) is 17.7 Å². The molecule has 2 N–H and O–H groups in total. The zero-order valence-electron chi connectivity index (χ0n) is 14.9. The van der Waals surface area contributed by atoms with Crippen molar-refractivity contribution >= 4 is 40.9 Å². The van der Waals surface area contributed by atoms with Gasteiger partial charge in [0, 0.05) is 22.3 Å². The highest BCUT2D eigenvalue weighted by Gasteiger charge is 2.11. The van der Waals surface area contributed by atoms with Gasteiger partial charge in [-0.25, -0.2) is 0 Å². The Morgan fingerprint density at radius 3 is 2.54 bits per heavy atom. The van der Waals surface area contributed by atoms with Gasteiger partial charge in [0.25, 0.3) is 5.91 Å². The van der Waals surface area contributed by atoms with Gasteiger partial charge in [-0.15, -0.1) is 0 Å². The Bertz CT molecular complexity index is 996. The lowest BCUT2D eigenvalue weighted by Gasteiger charge is -2.11. The molecule has 7 heteroatoms. The quantitative estimate of drug-likeness (QED) is 0.584. The number of carbonyl (C=O) groups is 2. The summed E-state index contributed by atoms with van der Waals surface area (Å²) in [4.78, 5) is 24.4. The van der Waals surface area contributed by atoms with Gasteiger partial charge in [-0.1, -0.05) is 11.6 Å². The molecule has 0 unspecified atom stereocenters. The lowest BCUT2D eigenvalue weighted by Crippen LogP contribution is -2.13. The number of anilines is 2. The van der Waals surface area contributed by atoms with E-state index in [1.54, 1.807) is 60.7 Å². The van der Waals surface area contributed by atoms with Crippen molar-refractivity contribution in [3.63, 3.8) is 0 Å². The molecular formula is C21H17ClN2O4. The number of amides is 2. The molecule has 1 heterocycles. The van der Waals surface area contributed by atoms with Crippen LogP contribution in [0.15, 0.2) is 71.4 Å². The number of rotatable bonds is 6. The summed E-state index contributed by atoms with van der Waals surface area (Å²) in [5.74, 6) is 0.456. The van der Waals surface area contributed by atoms with Gasteiger partial charge in [-0.3, -0.25) is 9.59 Å². The second-order valence-electron chi connectivity index (χ2n) is 5.71. The molecule has 0 radical (unpaired) electrons. The summed E-state index contributed by atoms with van der Waals surface area (Å²) in [6.45, 7) is 0. The van der Waals surface area contributed by atoms with Crippen molar-refractivity contribution in [1.29, 1.82) is 0 Å². The van der Waals surface area contributed by atoms with Gasteiger partial charge in [0.1, 0.15) is 11.5 Å². The van der Waals surface area contributed by atoms with E-state index in [9.17, 15) is 9.59 Å². The topological polar surface area (TPSA) is 80.6 Å². The number of nitrogens with one attached hydrogen (secondary N) is 2. The summed E-state index contributed by atoms with van der Waals surface area (Å²) in [6, 6.07) is 14.9. The number of ether oxygens (including phenoxy) is 1. The molecule has 0 bridgehead atoms. The number of hydrogen-bond donors (Lipinski definition) is 2. The van der Waals surface area contributed by atoms with Crippen LogP contribution in [0.4, 0.5) is 11.4 Å². The average Bonchev–Trinajstić information content (AvgIpc) is 3.21. The molecule has 142 valence electrons. The van der Waals surface area contributed by atoms with Crippen LogP contribution >= 0.6 is 11.6 Å². The molecular weight excluding hydrogens is 380 g/mol. The predicted octanol–water partition coefficient (Wildman–Crippen LogP) is 4.85. The zero-order valence-corrected chi connectivity index (χ0v) is 15.7. The van der Waals surface area contributed by atoms with Crippen molar-refractivity contribution in [2.24, 2.45) is 0 Å². The molecule has 0 fully saturated rings. The van der Waals surface area contributed by atoms with E-state index in [2.05, 4.69) is 10.6 Å². The first kappa shape index (κ1) is 19.3. The van der Waals surface area contributed by atoms with E-state index in [-0.39, 0.29) is 11.8 Å². The van der Waals surface area contributed by atoms with Crippen LogP contribution in [0, 0.1) is 0 Å². The van der Waals surface area contributed by atoms with Crippen LogP contribution in [-0.2, 0) is 4.79 Å². The molecule has 3 rings (SSSR count). The van der Waals surface area contributed by atoms with Gasteiger partial charge in [0.2, 0.25) is 5.91 Å². The molecule has 1 aromatic heterocycles. The minimum atomic E-state index is -0.323. The van der Waals surface area contributed by atoms with Gasteiger partial charge in [-0.05, 0) is 60.7 Å². The van der Waals surface area contributed by atoms with Crippen LogP contribution in [0.1, 0.15) is 16.1 Å². The first-order valence-corrected chi connectivity index (χ1v) is 8.70. The van der Waals surface area contributed by atoms with Crippen LogP contribution < -0.4 is 15.4 Å². The third-order valence-electron chi connectivity index (χ3n) is 3.77. The fraction of sp³-hybridized carbons (Fsp3) is 0.0476. The Morgan fingerprint density at radius 2 is 1.86 bits per heavy atom. The summed E-state index contributed by atoms with van der Waals surface area (Å²) in [7, 11) is 1.51. The predicted molar refractivity (Wildman–Crippen MR) is 109 cm³/mol. The largest absolute Gasteiger partial charge is 0.495 e. The standard InChI is InChI=1S/C21H17ClN2O4/c1-27-19-10-6-15(22)13-18(19)24-21(26)14-4-7-16(8-5-14)23-20(25)11-9-17-3-2-12-28-17/h2-13H,1H3,(H,23,25)(H,24,26)/b11-9+. The molecule has 6 nitrogen and oxygen atoms in total. The number of hydrogen-bond acceptors (Lipinski definition) is 4. The van der Waals surface area contributed by atoms with E-state index >= 15 is 0 Å². The summed E-state index contributed by atoms with van der Waals surface area (Å²) in [6.07, 6.45) is 4.46. The van der Waals surface area contributed by atoms with E-state index in [1.165, 1.54) is 19.4 Å². The Morgan fingerprint density at radius 1 is 1.07 bits per heavy atom. The van der Waals surface area contributed by atoms with Gasteiger partial charge in [0.15, 0.2) is 0 Å². The monoisotopic (exact) mass is 396 g/mol. The Hall–Kier alpha value is -3.51. The van der Waals surface area contributed by atoms with Crippen molar-refractivity contribution in [1.82, 2.24) is 0 Å². The van der Waals surface area contributed by atoms with Gasteiger partial charge < -0.3 is 19.8 Å². The Balaban J connectivity index is 1.63. The molecule has 0 saturated heterocycles. The summed E-state index contributed by atoms with van der Waals surface area (Å²) < 4.78 is 10.3. The van der Waals surface area contributed by atoms with E-state index < -0.39 is 0 Å². The van der Waals surface area contributed by atoms with E-state index in [1.807, 2.05) is 0 Å². The highest BCUT2D eigenvalue weighted by Crippen LogP contribution is 2.28. The highest BCUT2D eigenvalue weighted by molar-refractivity contribution is 6.31. The summed E-state index contributed by atoms with van der Waals surface area (Å²) >= 11 is 5.97. The Kier molecular flexibility index (Phi) is 6.14. The number of carbonyl (C=O) groups excluding carboxylic acids is 2. The lowest BCUT2D eigenvalue weighted by atomic mass is 10.2. The fourth-order valence-electron chi connectivity index (χ4n) is 2.41. The third kappa shape index (κ3) is 5.02. The van der Waals surface area contributed by atoms with E-state index in [4.69, 9.17) is 20.8 Å². The summed E-state index contributed by atoms with van der Waals surface area (Å²) in [5, 5.41) is 5.95. The van der Waals surface area contributed by atoms with E-state index in [0.29, 0.717) is 33.5 Å². The molecule has 0 atom stereocenters. The second kappa shape index (κ2) is 8.92. The maximum atomic E-state index is 12.4. The smallest absolute Gasteiger partial charge is 0.255 e. The number of halogens is 1. The molecule has 0 aliphatic carbocycles. The average molecular weight is 397 g/mol. The van der Waals surface area contributed by atoms with Crippen molar-refractivity contribution < 1.29 is 18.7 Å². The first-order valence-electron chi connectivity index (χ1n) is 8.32. The fourth-order valence-corrected chi connectivity index (χ4v) is 2.58. The van der Waals surface area contributed by atoms with Crippen molar-refractivity contribution in [3.05, 3.63) is 83.3 Å². The molecule has 0 spiro atoms. The summed E-state index contributed by atoms with van der Waals surface area (Å²) in [5.41, 5.74) is 1.46. The molecule has 28 heavy (non-hydrogen) atoms. The van der Waals surface area contributed by atoms with Gasteiger partial charge >= 0.3 is 0 Å². The molecule has 2 aromatic carbocycles. The van der Waals surface area contributed by atoms with E-state index in [0.717, 1.165) is 0 Å². The second-order valence-corrected chi connectivity index (χ2v) is 6.15. The number of furan rings is 1. The maximum Gasteiger partial charge on any atom is 0.255 e. The normalized spacial score (nSPS) is 10.6. The third-order valence-corrected chi connectivity index (χ3v) is 4.00. The molecule has 0 saturated carbocycles. The highest BCUT2D eigenvalue weighted by atomic mass is 35.5. The van der Waals surface area contributed by atoms with Crippen LogP contribution in [0.2, 0.25) is 5.02 Å². The minimum absolute atomic E-state index is 0.308. The van der Waals surface area contributed by atoms with Gasteiger partial charge in [-0.2, -0.15) is 0 Å². The SMILES string of the molecule is COc1ccc(Cl)cc1NC(=O)c1ccc(NC(=O)/C=C/c2ccco2)cc1. The van der Waals surface area contributed by atoms with Crippen molar-refractivity contribution in [2.45, 2.75) is 0 Å². The van der Waals surface area contributed by atoms with Crippen molar-refractivity contribution in [3.8, 4) is 5.75 Å². The lowest BCUT2D eigenvalue weighted by molar-refractivity contribution is -0.111. The van der Waals surface area contributed by atoms with Crippen LogP contribution in [0.3, 0.4) is 0 Å².